The lowest BCUT2D eigenvalue weighted by atomic mass is 10.1. The van der Waals surface area contributed by atoms with Gasteiger partial charge >= 0.3 is 0 Å². The highest BCUT2D eigenvalue weighted by Crippen LogP contribution is 2.26. The molecule has 0 aliphatic rings. The summed E-state index contributed by atoms with van der Waals surface area (Å²) in [4.78, 5) is 0.375. The van der Waals surface area contributed by atoms with Gasteiger partial charge in [0.25, 0.3) is 10.0 Å². The van der Waals surface area contributed by atoms with Crippen molar-refractivity contribution in [2.75, 3.05) is 10.8 Å². The Bertz CT molecular complexity index is 820. The molecule has 0 bridgehead atoms. The van der Waals surface area contributed by atoms with Gasteiger partial charge in [0.2, 0.25) is 0 Å². The zero-order valence-electron chi connectivity index (χ0n) is 15.3. The van der Waals surface area contributed by atoms with Gasteiger partial charge in [-0.15, -0.1) is 0 Å². The van der Waals surface area contributed by atoms with Crippen molar-refractivity contribution in [2.45, 2.75) is 38.6 Å². The van der Waals surface area contributed by atoms with E-state index < -0.39 is 19.5 Å². The number of anilines is 1. The second-order valence-electron chi connectivity index (χ2n) is 6.56. The van der Waals surface area contributed by atoms with Gasteiger partial charge in [0.05, 0.1) is 20.1 Å². The van der Waals surface area contributed by atoms with Crippen molar-refractivity contribution in [1.82, 2.24) is 0 Å². The lowest BCUT2D eigenvalue weighted by Gasteiger charge is -2.26. The van der Waals surface area contributed by atoms with Crippen LogP contribution in [-0.2, 0) is 16.4 Å². The average Bonchev–Trinajstić information content (AvgIpc) is 2.59. The first kappa shape index (κ1) is 20.2. The van der Waals surface area contributed by atoms with Crippen molar-refractivity contribution in [3.63, 3.8) is 0 Å². The number of rotatable bonds is 7. The molecule has 0 spiro atoms. The zero-order valence-corrected chi connectivity index (χ0v) is 19.1. The third-order valence-corrected chi connectivity index (χ3v) is 8.58. The quantitative estimate of drug-likeness (QED) is 0.616. The van der Waals surface area contributed by atoms with E-state index in [1.807, 2.05) is 50.2 Å². The monoisotopic (exact) mass is 439 g/mol. The molecule has 0 radical (unpaired) electrons. The van der Waals surface area contributed by atoms with Gasteiger partial charge in [0.15, 0.2) is 0 Å². The number of sulfonamides is 1. The number of nitrogens with zero attached hydrogens (tertiary/aromatic N) is 1. The van der Waals surface area contributed by atoms with E-state index >= 15 is 0 Å². The molecule has 0 amide bonds. The maximum Gasteiger partial charge on any atom is 0.264 e. The van der Waals surface area contributed by atoms with E-state index in [0.717, 1.165) is 21.8 Å². The number of hydrogen-bond donors (Lipinski definition) is 0. The predicted octanol–water partition coefficient (Wildman–Crippen LogP) is 3.71. The Kier molecular flexibility index (Phi) is 6.88. The summed E-state index contributed by atoms with van der Waals surface area (Å²) in [7, 11) is -4.05. The summed E-state index contributed by atoms with van der Waals surface area (Å²) in [5.41, 5.74) is 1.93. The topological polar surface area (TPSA) is 37.4 Å². The highest BCUT2D eigenvalue weighted by Gasteiger charge is 2.26. The van der Waals surface area contributed by atoms with E-state index in [4.69, 9.17) is 0 Å². The Hall–Kier alpha value is -1.11. The first-order valence-corrected chi connectivity index (χ1v) is 13.0. The molecule has 25 heavy (non-hydrogen) atoms. The van der Waals surface area contributed by atoms with Crippen molar-refractivity contribution >= 4 is 46.3 Å². The summed E-state index contributed by atoms with van der Waals surface area (Å²) in [5.74, 6) is 0.232. The van der Waals surface area contributed by atoms with Crippen LogP contribution in [0.2, 0.25) is 6.55 Å². The molecule has 0 aromatic heterocycles. The molecule has 2 rings (SSSR count). The summed E-state index contributed by atoms with van der Waals surface area (Å²) >= 11 is 3.52. The van der Waals surface area contributed by atoms with Crippen LogP contribution in [0.4, 0.5) is 5.69 Å². The average molecular weight is 440 g/mol. The second-order valence-corrected chi connectivity index (χ2v) is 10.7. The molecule has 6 heteroatoms. The van der Waals surface area contributed by atoms with E-state index in [0.29, 0.717) is 11.4 Å². The normalized spacial score (nSPS) is 12.2. The van der Waals surface area contributed by atoms with Crippen LogP contribution >= 0.6 is 15.9 Å². The molecule has 3 nitrogen and oxygen atoms in total. The van der Waals surface area contributed by atoms with Crippen LogP contribution in [0.3, 0.4) is 0 Å². The zero-order chi connectivity index (χ0) is 18.6. The summed E-state index contributed by atoms with van der Waals surface area (Å²) in [5, 5.41) is 1.13. The standard InChI is InChI=1S/C19H26BrNO2SSi/c1-5-15-6-8-16(9-7-15)21(13-14(2)3)24(22,23)17-10-11-18(20)19(12-17)25-4/h6-12,14H,5,13,25H2,1-4H3. The molecule has 2 aromatic carbocycles. The molecule has 0 heterocycles. The van der Waals surface area contributed by atoms with Crippen LogP contribution < -0.4 is 9.49 Å². The van der Waals surface area contributed by atoms with Crippen molar-refractivity contribution in [3.05, 3.63) is 52.5 Å². The van der Waals surface area contributed by atoms with Crippen LogP contribution in [0.5, 0.6) is 0 Å². The summed E-state index contributed by atoms with van der Waals surface area (Å²) < 4.78 is 29.2. The number of halogens is 1. The van der Waals surface area contributed by atoms with Crippen LogP contribution in [0.25, 0.3) is 0 Å². The summed E-state index contributed by atoms with van der Waals surface area (Å²) in [6.07, 6.45) is 0.939. The summed E-state index contributed by atoms with van der Waals surface area (Å²) in [6, 6.07) is 13.2. The molecule has 136 valence electrons. The largest absolute Gasteiger partial charge is 0.266 e. The fourth-order valence-corrected chi connectivity index (χ4v) is 6.48. The van der Waals surface area contributed by atoms with Crippen molar-refractivity contribution in [1.29, 1.82) is 0 Å². The van der Waals surface area contributed by atoms with Gasteiger partial charge < -0.3 is 0 Å². The minimum atomic E-state index is -3.58. The van der Waals surface area contributed by atoms with Gasteiger partial charge in [-0.3, -0.25) is 4.31 Å². The minimum absolute atomic E-state index is 0.232. The van der Waals surface area contributed by atoms with Crippen LogP contribution in [-0.4, -0.2) is 24.5 Å². The number of aryl methyl sites for hydroxylation is 1. The Morgan fingerprint density at radius 2 is 1.76 bits per heavy atom. The van der Waals surface area contributed by atoms with Crippen molar-refractivity contribution < 1.29 is 8.42 Å². The second kappa shape index (κ2) is 8.51. The lowest BCUT2D eigenvalue weighted by Crippen LogP contribution is -2.35. The Morgan fingerprint density at radius 3 is 2.28 bits per heavy atom. The maximum atomic E-state index is 13.3. The van der Waals surface area contributed by atoms with Gasteiger partial charge in [0, 0.05) is 11.0 Å². The van der Waals surface area contributed by atoms with Crippen LogP contribution in [0, 0.1) is 5.92 Å². The third kappa shape index (κ3) is 4.74. The van der Waals surface area contributed by atoms with Gasteiger partial charge in [0.1, 0.15) is 0 Å². The highest BCUT2D eigenvalue weighted by molar-refractivity contribution is 9.10. The number of hydrogen-bond acceptors (Lipinski definition) is 2. The fraction of sp³-hybridized carbons (Fsp3) is 0.368. The molecular formula is C19H26BrNO2SSi. The van der Waals surface area contributed by atoms with Gasteiger partial charge in [-0.2, -0.15) is 0 Å². The minimum Gasteiger partial charge on any atom is -0.266 e. The van der Waals surface area contributed by atoms with E-state index in [-0.39, 0.29) is 5.92 Å². The van der Waals surface area contributed by atoms with Gasteiger partial charge in [-0.05, 0) is 48.2 Å². The van der Waals surface area contributed by atoms with E-state index in [2.05, 4.69) is 29.4 Å². The van der Waals surface area contributed by atoms with Gasteiger partial charge in [-0.25, -0.2) is 8.42 Å². The number of benzene rings is 2. The molecule has 0 aliphatic carbocycles. The third-order valence-electron chi connectivity index (χ3n) is 4.15. The highest BCUT2D eigenvalue weighted by atomic mass is 79.9. The molecule has 0 aliphatic heterocycles. The Labute approximate surface area is 162 Å². The molecule has 0 saturated heterocycles. The first-order chi connectivity index (χ1) is 11.8. The summed E-state index contributed by atoms with van der Waals surface area (Å²) in [6.45, 7) is 8.79. The lowest BCUT2D eigenvalue weighted by molar-refractivity contribution is 0.578. The van der Waals surface area contributed by atoms with Gasteiger partial charge in [-0.1, -0.05) is 60.6 Å². The molecule has 0 fully saturated rings. The molecule has 0 N–H and O–H groups in total. The molecular weight excluding hydrogens is 414 g/mol. The Morgan fingerprint density at radius 1 is 1.12 bits per heavy atom. The molecule has 0 atom stereocenters. The van der Waals surface area contributed by atoms with E-state index in [1.54, 1.807) is 10.4 Å². The predicted molar refractivity (Wildman–Crippen MR) is 113 cm³/mol. The SMILES string of the molecule is CCc1ccc(N(CC(C)C)S(=O)(=O)c2ccc(Br)c([SiH2]C)c2)cc1. The fourth-order valence-electron chi connectivity index (χ4n) is 2.68. The van der Waals surface area contributed by atoms with Crippen molar-refractivity contribution in [3.8, 4) is 0 Å². The van der Waals surface area contributed by atoms with E-state index in [1.165, 1.54) is 5.56 Å². The van der Waals surface area contributed by atoms with Crippen LogP contribution in [0.1, 0.15) is 26.3 Å². The van der Waals surface area contributed by atoms with Crippen molar-refractivity contribution in [2.24, 2.45) is 5.92 Å². The molecule has 0 unspecified atom stereocenters. The molecule has 0 saturated carbocycles. The first-order valence-electron chi connectivity index (χ1n) is 8.69. The Balaban J connectivity index is 2.51. The van der Waals surface area contributed by atoms with Crippen LogP contribution in [0.15, 0.2) is 51.8 Å². The smallest absolute Gasteiger partial charge is 0.264 e. The van der Waals surface area contributed by atoms with E-state index in [9.17, 15) is 8.42 Å². The molecule has 2 aromatic rings. The maximum absolute atomic E-state index is 13.3.